The van der Waals surface area contributed by atoms with Crippen molar-refractivity contribution >= 4 is 23.2 Å². The van der Waals surface area contributed by atoms with Gasteiger partial charge in [0, 0.05) is 11.4 Å². The lowest BCUT2D eigenvalue weighted by atomic mass is 9.96. The predicted octanol–water partition coefficient (Wildman–Crippen LogP) is 7.04. The quantitative estimate of drug-likeness (QED) is 0.411. The van der Waals surface area contributed by atoms with Crippen LogP contribution < -0.4 is 9.47 Å². The average Bonchev–Trinajstić information content (AvgIpc) is 2.64. The van der Waals surface area contributed by atoms with Crippen LogP contribution in [0.25, 0.3) is 11.1 Å². The third-order valence-corrected chi connectivity index (χ3v) is 4.57. The van der Waals surface area contributed by atoms with Crippen LogP contribution >= 0.6 is 23.2 Å². The predicted molar refractivity (Wildman–Crippen MR) is 112 cm³/mol. The molecule has 2 nitrogen and oxygen atoms in total. The molecule has 0 N–H and O–H groups in total. The maximum absolute atomic E-state index is 14.1. The number of halogens is 3. The molecule has 0 spiro atoms. The van der Waals surface area contributed by atoms with Crippen LogP contribution in [-0.2, 0) is 11.8 Å². The zero-order chi connectivity index (χ0) is 20.0. The molecule has 0 bridgehead atoms. The molecule has 0 aliphatic heterocycles. The first-order valence-electron chi connectivity index (χ1n) is 9.19. The molecular weight excluding hydrogens is 386 g/mol. The number of hydrogen-bond acceptors (Lipinski definition) is 2. The maximum atomic E-state index is 14.1. The molecule has 0 heterocycles. The van der Waals surface area contributed by atoms with Gasteiger partial charge < -0.3 is 9.47 Å². The van der Waals surface area contributed by atoms with Crippen molar-refractivity contribution in [1.29, 1.82) is 0 Å². The van der Waals surface area contributed by atoms with Crippen molar-refractivity contribution in [1.82, 2.24) is 0 Å². The molecule has 0 amide bonds. The molecule has 0 aromatic heterocycles. The van der Waals surface area contributed by atoms with Crippen molar-refractivity contribution in [2.75, 3.05) is 13.2 Å². The third kappa shape index (κ3) is 5.76. The van der Waals surface area contributed by atoms with Crippen molar-refractivity contribution < 1.29 is 13.9 Å². The first kappa shape index (κ1) is 21.8. The highest BCUT2D eigenvalue weighted by atomic mass is 35.5. The Hall–Kier alpha value is -1.45. The molecule has 0 radical (unpaired) electrons. The second-order valence-electron chi connectivity index (χ2n) is 7.39. The summed E-state index contributed by atoms with van der Waals surface area (Å²) in [6.45, 7) is 9.58. The van der Waals surface area contributed by atoms with E-state index in [9.17, 15) is 4.39 Å². The summed E-state index contributed by atoms with van der Waals surface area (Å²) < 4.78 is 26.0. The highest BCUT2D eigenvalue weighted by Crippen LogP contribution is 2.36. The van der Waals surface area contributed by atoms with Gasteiger partial charge in [0.25, 0.3) is 0 Å². The Morgan fingerprint density at radius 1 is 0.815 bits per heavy atom. The van der Waals surface area contributed by atoms with E-state index in [4.69, 9.17) is 32.7 Å². The van der Waals surface area contributed by atoms with Crippen LogP contribution in [0.2, 0.25) is 0 Å². The van der Waals surface area contributed by atoms with Gasteiger partial charge in [0.15, 0.2) is 11.5 Å². The van der Waals surface area contributed by atoms with E-state index in [1.807, 2.05) is 18.2 Å². The van der Waals surface area contributed by atoms with Crippen LogP contribution in [0.5, 0.6) is 11.5 Å². The van der Waals surface area contributed by atoms with Crippen molar-refractivity contribution in [2.45, 2.75) is 39.5 Å². The second-order valence-corrected chi connectivity index (χ2v) is 7.93. The van der Waals surface area contributed by atoms with Crippen LogP contribution in [0, 0.1) is 17.7 Å². The lowest BCUT2D eigenvalue weighted by Crippen LogP contribution is -2.09. The zero-order valence-electron chi connectivity index (χ0n) is 16.3. The van der Waals surface area contributed by atoms with Crippen LogP contribution in [0.3, 0.4) is 0 Å². The first-order chi connectivity index (χ1) is 12.9. The Bertz CT molecular complexity index is 760. The van der Waals surface area contributed by atoms with E-state index in [-0.39, 0.29) is 17.6 Å². The highest BCUT2D eigenvalue weighted by Gasteiger charge is 2.16. The van der Waals surface area contributed by atoms with Gasteiger partial charge in [-0.05, 0) is 46.7 Å². The third-order valence-electron chi connectivity index (χ3n) is 4.04. The summed E-state index contributed by atoms with van der Waals surface area (Å²) in [5.74, 6) is 2.11. The van der Waals surface area contributed by atoms with Gasteiger partial charge in [-0.25, -0.2) is 4.39 Å². The summed E-state index contributed by atoms with van der Waals surface area (Å²) in [4.78, 5) is 0. The summed E-state index contributed by atoms with van der Waals surface area (Å²) in [7, 11) is 0. The van der Waals surface area contributed by atoms with Crippen molar-refractivity contribution in [3.8, 4) is 22.6 Å². The number of hydrogen-bond donors (Lipinski definition) is 0. The van der Waals surface area contributed by atoms with E-state index in [2.05, 4.69) is 27.7 Å². The second kappa shape index (κ2) is 10.2. The molecule has 27 heavy (non-hydrogen) atoms. The summed E-state index contributed by atoms with van der Waals surface area (Å²) in [5.41, 5.74) is 2.89. The van der Waals surface area contributed by atoms with Crippen LogP contribution in [0.1, 0.15) is 38.8 Å². The molecule has 2 aromatic carbocycles. The van der Waals surface area contributed by atoms with Crippen molar-refractivity contribution in [3.63, 3.8) is 0 Å². The topological polar surface area (TPSA) is 18.5 Å². The molecule has 5 heteroatoms. The van der Waals surface area contributed by atoms with Crippen LogP contribution in [0.15, 0.2) is 30.3 Å². The molecule has 2 rings (SSSR count). The van der Waals surface area contributed by atoms with Crippen LogP contribution in [-0.4, -0.2) is 13.2 Å². The molecular formula is C22H27Cl2FO2. The Labute approximate surface area is 171 Å². The summed E-state index contributed by atoms with van der Waals surface area (Å²) >= 11 is 12.1. The number of rotatable bonds is 9. The van der Waals surface area contributed by atoms with Gasteiger partial charge in [0.1, 0.15) is 5.82 Å². The summed E-state index contributed by atoms with van der Waals surface area (Å²) in [5, 5.41) is 0. The maximum Gasteiger partial charge on any atom is 0.161 e. The molecule has 0 unspecified atom stereocenters. The lowest BCUT2D eigenvalue weighted by Gasteiger charge is -2.18. The van der Waals surface area contributed by atoms with E-state index in [1.165, 1.54) is 6.07 Å². The average molecular weight is 413 g/mol. The molecule has 0 saturated heterocycles. The van der Waals surface area contributed by atoms with Gasteiger partial charge >= 0.3 is 0 Å². The van der Waals surface area contributed by atoms with Crippen molar-refractivity contribution in [2.24, 2.45) is 11.8 Å². The standard InChI is InChI=1S/C22H27Cl2FO2/c1-14(2)12-26-21-8-5-16(9-22(21)27-13-15(3)4)17-6-7-20(25)19(11-24)18(17)10-23/h5-9,14-15H,10-13H2,1-4H3. The Morgan fingerprint density at radius 3 is 1.96 bits per heavy atom. The fraction of sp³-hybridized carbons (Fsp3) is 0.455. The largest absolute Gasteiger partial charge is 0.489 e. The zero-order valence-corrected chi connectivity index (χ0v) is 17.8. The van der Waals surface area contributed by atoms with E-state index < -0.39 is 0 Å². The van der Waals surface area contributed by atoms with Gasteiger partial charge in [-0.15, -0.1) is 23.2 Å². The van der Waals surface area contributed by atoms with Gasteiger partial charge in [-0.2, -0.15) is 0 Å². The van der Waals surface area contributed by atoms with Crippen molar-refractivity contribution in [3.05, 3.63) is 47.3 Å². The smallest absolute Gasteiger partial charge is 0.161 e. The normalized spacial score (nSPS) is 11.3. The van der Waals surface area contributed by atoms with E-state index >= 15 is 0 Å². The number of benzene rings is 2. The fourth-order valence-electron chi connectivity index (χ4n) is 2.65. The Morgan fingerprint density at radius 2 is 1.41 bits per heavy atom. The first-order valence-corrected chi connectivity index (χ1v) is 10.3. The molecule has 0 fully saturated rings. The van der Waals surface area contributed by atoms with Gasteiger partial charge in [-0.3, -0.25) is 0 Å². The minimum atomic E-state index is -0.336. The monoisotopic (exact) mass is 412 g/mol. The lowest BCUT2D eigenvalue weighted by molar-refractivity contribution is 0.229. The SMILES string of the molecule is CC(C)COc1ccc(-c2ccc(F)c(CCl)c2CCl)cc1OCC(C)C. The Balaban J connectivity index is 2.47. The fourth-order valence-corrected chi connectivity index (χ4v) is 3.25. The summed E-state index contributed by atoms with van der Waals surface area (Å²) in [6.07, 6.45) is 0. The molecule has 0 aliphatic rings. The minimum absolute atomic E-state index is 0.0774. The summed E-state index contributed by atoms with van der Waals surface area (Å²) in [6, 6.07) is 8.94. The van der Waals surface area contributed by atoms with Gasteiger partial charge in [0.2, 0.25) is 0 Å². The van der Waals surface area contributed by atoms with Gasteiger partial charge in [0.05, 0.1) is 19.1 Å². The van der Waals surface area contributed by atoms with E-state index in [0.717, 1.165) is 11.1 Å². The number of ether oxygens (including phenoxy) is 2. The minimum Gasteiger partial charge on any atom is -0.489 e. The molecule has 0 aliphatic carbocycles. The van der Waals surface area contributed by atoms with Crippen LogP contribution in [0.4, 0.5) is 4.39 Å². The highest BCUT2D eigenvalue weighted by molar-refractivity contribution is 6.19. The molecule has 148 valence electrons. The molecule has 0 atom stereocenters. The van der Waals surface area contributed by atoms with Gasteiger partial charge in [-0.1, -0.05) is 39.8 Å². The number of alkyl halides is 2. The molecule has 2 aromatic rings. The molecule has 0 saturated carbocycles. The van der Waals surface area contributed by atoms with E-state index in [0.29, 0.717) is 47.7 Å². The van der Waals surface area contributed by atoms with E-state index in [1.54, 1.807) is 6.07 Å². The Kier molecular flexibility index (Phi) is 8.25.